The number of nitrogens with one attached hydrogen (secondary N) is 1. The van der Waals surface area contributed by atoms with Crippen molar-refractivity contribution in [3.63, 3.8) is 0 Å². The first kappa shape index (κ1) is 12.8. The van der Waals surface area contributed by atoms with Gasteiger partial charge >= 0.3 is 0 Å². The second kappa shape index (κ2) is 4.56. The van der Waals surface area contributed by atoms with Crippen LogP contribution in [0.25, 0.3) is 0 Å². The lowest BCUT2D eigenvalue weighted by Gasteiger charge is -2.10. The second-order valence-electron chi connectivity index (χ2n) is 4.33. The van der Waals surface area contributed by atoms with Gasteiger partial charge in [0.25, 0.3) is 0 Å². The van der Waals surface area contributed by atoms with Crippen LogP contribution >= 0.6 is 0 Å². The summed E-state index contributed by atoms with van der Waals surface area (Å²) in [5.41, 5.74) is 5.65. The molecule has 0 radical (unpaired) electrons. The minimum Gasteiger partial charge on any atom is -0.399 e. The second-order valence-corrected chi connectivity index (χ2v) is 6.56. The number of benzene rings is 1. The Hall–Kier alpha value is -1.63. The highest BCUT2D eigenvalue weighted by molar-refractivity contribution is 7.91. The number of carbonyl (C=O) groups is 1. The molecule has 7 heteroatoms. The van der Waals surface area contributed by atoms with E-state index in [-0.39, 0.29) is 29.3 Å². The predicted molar refractivity (Wildman–Crippen MR) is 66.2 cm³/mol. The molecule has 0 saturated carbocycles. The molecular formula is C11H13FN2O3S. The van der Waals surface area contributed by atoms with E-state index in [0.717, 1.165) is 6.07 Å². The molecule has 98 valence electrons. The van der Waals surface area contributed by atoms with E-state index in [1.165, 1.54) is 12.1 Å². The van der Waals surface area contributed by atoms with Gasteiger partial charge in [-0.2, -0.15) is 0 Å². The van der Waals surface area contributed by atoms with Crippen molar-refractivity contribution >= 4 is 27.1 Å². The van der Waals surface area contributed by atoms with Crippen molar-refractivity contribution in [3.8, 4) is 0 Å². The number of sulfone groups is 1. The highest BCUT2D eigenvalue weighted by Crippen LogP contribution is 2.22. The van der Waals surface area contributed by atoms with E-state index in [1.807, 2.05) is 0 Å². The molecule has 1 heterocycles. The first-order chi connectivity index (χ1) is 8.37. The monoisotopic (exact) mass is 272 g/mol. The number of nitrogens with two attached hydrogens (primary N) is 1. The molecular weight excluding hydrogens is 259 g/mol. The average molecular weight is 272 g/mol. The van der Waals surface area contributed by atoms with E-state index in [9.17, 15) is 17.6 Å². The largest absolute Gasteiger partial charge is 0.399 e. The third-order valence-electron chi connectivity index (χ3n) is 2.85. The van der Waals surface area contributed by atoms with Crippen molar-refractivity contribution < 1.29 is 17.6 Å². The molecule has 1 saturated heterocycles. The van der Waals surface area contributed by atoms with E-state index in [4.69, 9.17) is 5.73 Å². The molecule has 1 aliphatic rings. The molecule has 0 spiro atoms. The fourth-order valence-corrected chi connectivity index (χ4v) is 3.61. The lowest BCUT2D eigenvalue weighted by atomic mass is 10.1. The van der Waals surface area contributed by atoms with Gasteiger partial charge < -0.3 is 11.1 Å². The van der Waals surface area contributed by atoms with E-state index < -0.39 is 27.5 Å². The Labute approximate surface area is 104 Å². The van der Waals surface area contributed by atoms with Gasteiger partial charge in [0.05, 0.1) is 23.1 Å². The van der Waals surface area contributed by atoms with Crippen molar-refractivity contribution in [1.29, 1.82) is 0 Å². The molecule has 0 aliphatic carbocycles. The summed E-state index contributed by atoms with van der Waals surface area (Å²) in [6.45, 7) is 0. The fourth-order valence-electron chi connectivity index (χ4n) is 1.87. The summed E-state index contributed by atoms with van der Waals surface area (Å²) in [6.07, 6.45) is 0.282. The van der Waals surface area contributed by atoms with Gasteiger partial charge in [0.15, 0.2) is 9.84 Å². The number of halogens is 1. The summed E-state index contributed by atoms with van der Waals surface area (Å²) in [5.74, 6) is -1.87. The first-order valence-electron chi connectivity index (χ1n) is 5.44. The van der Waals surface area contributed by atoms with Crippen molar-refractivity contribution in [2.75, 3.05) is 22.6 Å². The molecule has 2 rings (SSSR count). The van der Waals surface area contributed by atoms with Crippen molar-refractivity contribution in [2.24, 2.45) is 5.92 Å². The Kier molecular flexibility index (Phi) is 3.25. The third kappa shape index (κ3) is 2.79. The van der Waals surface area contributed by atoms with Crippen molar-refractivity contribution in [3.05, 3.63) is 24.0 Å². The Morgan fingerprint density at radius 2 is 2.17 bits per heavy atom. The zero-order valence-electron chi connectivity index (χ0n) is 9.52. The Morgan fingerprint density at radius 3 is 2.72 bits per heavy atom. The SMILES string of the molecule is Nc1ccc(NC(=O)C2CCS(=O)(=O)C2)c(F)c1. The highest BCUT2D eigenvalue weighted by Gasteiger charge is 2.33. The quantitative estimate of drug-likeness (QED) is 0.779. The van der Waals surface area contributed by atoms with Gasteiger partial charge in [-0.3, -0.25) is 4.79 Å². The topological polar surface area (TPSA) is 89.3 Å². The van der Waals surface area contributed by atoms with Crippen molar-refractivity contribution in [1.82, 2.24) is 0 Å². The summed E-state index contributed by atoms with van der Waals surface area (Å²) in [6, 6.07) is 3.91. The Morgan fingerprint density at radius 1 is 1.44 bits per heavy atom. The van der Waals surface area contributed by atoms with E-state index in [0.29, 0.717) is 0 Å². The zero-order chi connectivity index (χ0) is 13.3. The average Bonchev–Trinajstić information content (AvgIpc) is 2.63. The number of carbonyl (C=O) groups excluding carboxylic acids is 1. The molecule has 0 aromatic heterocycles. The van der Waals surface area contributed by atoms with Crippen LogP contribution in [0.4, 0.5) is 15.8 Å². The predicted octanol–water partition coefficient (Wildman–Crippen LogP) is 0.781. The Bertz CT molecular complexity index is 586. The lowest BCUT2D eigenvalue weighted by Crippen LogP contribution is -2.24. The molecule has 1 atom stereocenters. The molecule has 1 aromatic rings. The maximum atomic E-state index is 13.4. The minimum absolute atomic E-state index is 0.00923. The van der Waals surface area contributed by atoms with E-state index >= 15 is 0 Å². The number of nitrogen functional groups attached to an aromatic ring is 1. The summed E-state index contributed by atoms with van der Waals surface area (Å²) >= 11 is 0. The van der Waals surface area contributed by atoms with Crippen LogP contribution in [-0.2, 0) is 14.6 Å². The van der Waals surface area contributed by atoms with Gasteiger partial charge in [0.1, 0.15) is 5.82 Å². The number of hydrogen-bond acceptors (Lipinski definition) is 4. The van der Waals surface area contributed by atoms with Crippen LogP contribution in [0.3, 0.4) is 0 Å². The summed E-state index contributed by atoms with van der Waals surface area (Å²) in [5, 5.41) is 2.38. The van der Waals surface area contributed by atoms with Gasteiger partial charge in [-0.1, -0.05) is 0 Å². The fraction of sp³-hybridized carbons (Fsp3) is 0.364. The van der Waals surface area contributed by atoms with Gasteiger partial charge in [-0.15, -0.1) is 0 Å². The summed E-state index contributed by atoms with van der Waals surface area (Å²) in [7, 11) is -3.12. The molecule has 18 heavy (non-hydrogen) atoms. The maximum absolute atomic E-state index is 13.4. The van der Waals surface area contributed by atoms with E-state index in [2.05, 4.69) is 5.32 Å². The molecule has 1 unspecified atom stereocenters. The van der Waals surface area contributed by atoms with Gasteiger partial charge in [0.2, 0.25) is 5.91 Å². The molecule has 1 amide bonds. The van der Waals surface area contributed by atoms with Gasteiger partial charge in [-0.05, 0) is 24.6 Å². The van der Waals surface area contributed by atoms with Crippen LogP contribution in [0.15, 0.2) is 18.2 Å². The Balaban J connectivity index is 2.08. The molecule has 3 N–H and O–H groups in total. The number of hydrogen-bond donors (Lipinski definition) is 2. The van der Waals surface area contributed by atoms with E-state index in [1.54, 1.807) is 0 Å². The van der Waals surface area contributed by atoms with Gasteiger partial charge in [0, 0.05) is 5.69 Å². The standard InChI is InChI=1S/C11H13FN2O3S/c12-9-5-8(13)1-2-10(9)14-11(15)7-3-4-18(16,17)6-7/h1-2,5,7H,3-4,6,13H2,(H,14,15). The normalized spacial score (nSPS) is 21.7. The van der Waals surface area contributed by atoms with Crippen LogP contribution in [-0.4, -0.2) is 25.8 Å². The zero-order valence-corrected chi connectivity index (χ0v) is 10.3. The maximum Gasteiger partial charge on any atom is 0.228 e. The summed E-state index contributed by atoms with van der Waals surface area (Å²) < 4.78 is 35.9. The number of amides is 1. The number of rotatable bonds is 2. The molecule has 0 bridgehead atoms. The third-order valence-corrected chi connectivity index (χ3v) is 4.62. The minimum atomic E-state index is -3.12. The number of anilines is 2. The first-order valence-corrected chi connectivity index (χ1v) is 7.26. The molecule has 1 aliphatic heterocycles. The summed E-state index contributed by atoms with van der Waals surface area (Å²) in [4.78, 5) is 11.8. The van der Waals surface area contributed by atoms with Crippen LogP contribution in [0.2, 0.25) is 0 Å². The lowest BCUT2D eigenvalue weighted by molar-refractivity contribution is -0.119. The smallest absolute Gasteiger partial charge is 0.228 e. The van der Waals surface area contributed by atoms with Crippen LogP contribution in [0.1, 0.15) is 6.42 Å². The van der Waals surface area contributed by atoms with Crippen LogP contribution in [0.5, 0.6) is 0 Å². The molecule has 1 aromatic carbocycles. The molecule has 1 fully saturated rings. The molecule has 5 nitrogen and oxygen atoms in total. The van der Waals surface area contributed by atoms with Gasteiger partial charge in [-0.25, -0.2) is 12.8 Å². The highest BCUT2D eigenvalue weighted by atomic mass is 32.2. The van der Waals surface area contributed by atoms with Crippen LogP contribution < -0.4 is 11.1 Å². The van der Waals surface area contributed by atoms with Crippen LogP contribution in [0, 0.1) is 11.7 Å². The van der Waals surface area contributed by atoms with Crippen molar-refractivity contribution in [2.45, 2.75) is 6.42 Å².